The van der Waals surface area contributed by atoms with Crippen LogP contribution in [0.1, 0.15) is 59.8 Å². The van der Waals surface area contributed by atoms with Gasteiger partial charge in [-0.3, -0.25) is 0 Å². The summed E-state index contributed by atoms with van der Waals surface area (Å²) in [5, 5.41) is 0. The van der Waals surface area contributed by atoms with E-state index in [9.17, 15) is 0 Å². The minimum atomic E-state index is -1.32. The van der Waals surface area contributed by atoms with E-state index in [0.717, 1.165) is 34.8 Å². The van der Waals surface area contributed by atoms with Gasteiger partial charge >= 0.3 is 0 Å². The summed E-state index contributed by atoms with van der Waals surface area (Å²) in [6.45, 7) is 5.48. The zero-order valence-corrected chi connectivity index (χ0v) is 18.7. The Morgan fingerprint density at radius 2 is 1.07 bits per heavy atom. The van der Waals surface area contributed by atoms with E-state index in [1.54, 1.807) is 11.1 Å². The van der Waals surface area contributed by atoms with Crippen molar-refractivity contribution in [3.8, 4) is 0 Å². The molecule has 6 unspecified atom stereocenters. The van der Waals surface area contributed by atoms with Crippen LogP contribution in [0.4, 0.5) is 0 Å². The van der Waals surface area contributed by atoms with Gasteiger partial charge < -0.3 is 0 Å². The predicted molar refractivity (Wildman–Crippen MR) is 127 cm³/mol. The number of fused-ring (bicyclic) bond motifs is 6. The second kappa shape index (κ2) is 6.57. The van der Waals surface area contributed by atoms with Crippen molar-refractivity contribution in [3.05, 3.63) is 82.9 Å². The van der Waals surface area contributed by atoms with Gasteiger partial charge in [-0.2, -0.15) is 0 Å². The van der Waals surface area contributed by atoms with Crippen molar-refractivity contribution in [1.82, 2.24) is 0 Å². The lowest BCUT2D eigenvalue weighted by Crippen LogP contribution is -2.36. The van der Waals surface area contributed by atoms with Crippen LogP contribution in [0.15, 0.2) is 60.7 Å². The third-order valence-electron chi connectivity index (χ3n) is 9.17. The highest BCUT2D eigenvalue weighted by Crippen LogP contribution is 2.60. The summed E-state index contributed by atoms with van der Waals surface area (Å²) >= 11 is 0. The smallest absolute Gasteiger partial charge is 0.0536 e. The van der Waals surface area contributed by atoms with E-state index >= 15 is 0 Å². The normalized spacial score (nSPS) is 34.4. The predicted octanol–water partition coefficient (Wildman–Crippen LogP) is 7.88. The summed E-state index contributed by atoms with van der Waals surface area (Å²) in [4.78, 5) is 0. The van der Waals surface area contributed by atoms with Gasteiger partial charge in [-0.1, -0.05) is 85.9 Å². The molecule has 6 atom stereocenters. The van der Waals surface area contributed by atoms with Crippen molar-refractivity contribution >= 4 is 20.2 Å². The second-order valence-corrected chi connectivity index (χ2v) is 16.0. The summed E-state index contributed by atoms with van der Waals surface area (Å²) in [6.07, 6.45) is 15.6. The SMILES string of the molecule is C[Si](C)(C1CC2C=Cc3ccccc3C2C1)C1CC2C=Cc3ccccc3C2C1. The van der Waals surface area contributed by atoms with Crippen molar-refractivity contribution in [2.75, 3.05) is 0 Å². The van der Waals surface area contributed by atoms with E-state index in [4.69, 9.17) is 0 Å². The highest BCUT2D eigenvalue weighted by Gasteiger charge is 2.50. The fraction of sp³-hybridized carbons (Fsp3) is 0.429. The van der Waals surface area contributed by atoms with Crippen LogP contribution in [0.5, 0.6) is 0 Å². The lowest BCUT2D eigenvalue weighted by molar-refractivity contribution is 0.585. The van der Waals surface area contributed by atoms with Gasteiger partial charge in [-0.25, -0.2) is 0 Å². The van der Waals surface area contributed by atoms with Gasteiger partial charge in [0.15, 0.2) is 0 Å². The van der Waals surface area contributed by atoms with Crippen LogP contribution in [-0.4, -0.2) is 8.07 Å². The summed E-state index contributed by atoms with van der Waals surface area (Å²) in [5.41, 5.74) is 8.15. The van der Waals surface area contributed by atoms with Crippen LogP contribution in [-0.2, 0) is 0 Å². The zero-order chi connectivity index (χ0) is 19.6. The number of hydrogen-bond acceptors (Lipinski definition) is 0. The van der Waals surface area contributed by atoms with Crippen LogP contribution in [0, 0.1) is 11.8 Å². The number of hydrogen-bond donors (Lipinski definition) is 0. The molecule has 1 heteroatoms. The molecular formula is C28H32Si. The van der Waals surface area contributed by atoms with Crippen LogP contribution in [0.2, 0.25) is 24.2 Å². The molecule has 4 aliphatic rings. The first-order valence-electron chi connectivity index (χ1n) is 11.7. The van der Waals surface area contributed by atoms with E-state index in [-0.39, 0.29) is 0 Å². The highest BCUT2D eigenvalue weighted by molar-refractivity contribution is 6.80. The maximum Gasteiger partial charge on any atom is 0.0536 e. The van der Waals surface area contributed by atoms with Gasteiger partial charge in [0.2, 0.25) is 0 Å². The zero-order valence-electron chi connectivity index (χ0n) is 17.7. The Bertz CT molecular complexity index is 917. The summed E-state index contributed by atoms with van der Waals surface area (Å²) in [5.74, 6) is 3.12. The van der Waals surface area contributed by atoms with Crippen molar-refractivity contribution < 1.29 is 0 Å². The Hall–Kier alpha value is -1.86. The molecule has 0 aliphatic heterocycles. The molecule has 0 N–H and O–H groups in total. The molecule has 148 valence electrons. The van der Waals surface area contributed by atoms with E-state index in [1.165, 1.54) is 36.8 Å². The molecule has 6 rings (SSSR count). The Morgan fingerprint density at radius 1 is 0.621 bits per heavy atom. The molecule has 0 spiro atoms. The molecule has 0 nitrogen and oxygen atoms in total. The molecule has 2 aromatic carbocycles. The first kappa shape index (κ1) is 17.9. The highest BCUT2D eigenvalue weighted by atomic mass is 28.3. The first-order valence-corrected chi connectivity index (χ1v) is 14.8. The standard InChI is InChI=1S/C28H32Si/c1-29(2,23-15-21-13-11-19-7-3-5-9-25(19)27(21)17-23)24-16-22-14-12-20-8-4-6-10-26(20)28(22)18-24/h3-14,21-24,27-28H,15-18H2,1-2H3. The fourth-order valence-electron chi connectivity index (χ4n) is 7.28. The van der Waals surface area contributed by atoms with E-state index in [2.05, 4.69) is 85.9 Å². The molecule has 0 aromatic heterocycles. The van der Waals surface area contributed by atoms with Gasteiger partial charge in [-0.05, 0) is 82.7 Å². The molecule has 2 aromatic rings. The minimum absolute atomic E-state index is 0.775. The molecule has 0 amide bonds. The average molecular weight is 397 g/mol. The molecule has 0 radical (unpaired) electrons. The maximum atomic E-state index is 2.74. The number of allylic oxidation sites excluding steroid dienone is 2. The van der Waals surface area contributed by atoms with Crippen LogP contribution >= 0.6 is 0 Å². The van der Waals surface area contributed by atoms with Crippen molar-refractivity contribution in [3.63, 3.8) is 0 Å². The molecule has 0 saturated heterocycles. The summed E-state index contributed by atoms with van der Waals surface area (Å²) < 4.78 is 0. The molecule has 4 aliphatic carbocycles. The van der Waals surface area contributed by atoms with E-state index in [0.29, 0.717) is 0 Å². The molecule has 29 heavy (non-hydrogen) atoms. The minimum Gasteiger partial charge on any atom is -0.0802 e. The molecule has 2 saturated carbocycles. The number of benzene rings is 2. The van der Waals surface area contributed by atoms with E-state index in [1.807, 2.05) is 0 Å². The van der Waals surface area contributed by atoms with E-state index < -0.39 is 8.07 Å². The van der Waals surface area contributed by atoms with Gasteiger partial charge in [-0.15, -0.1) is 0 Å². The second-order valence-electron chi connectivity index (χ2n) is 10.7. The fourth-order valence-corrected chi connectivity index (χ4v) is 11.4. The quantitative estimate of drug-likeness (QED) is 0.453. The van der Waals surface area contributed by atoms with Crippen LogP contribution < -0.4 is 0 Å². The number of rotatable bonds is 2. The van der Waals surface area contributed by atoms with Crippen molar-refractivity contribution in [2.45, 2.75) is 61.7 Å². The average Bonchev–Trinajstić information content (AvgIpc) is 3.39. The van der Waals surface area contributed by atoms with Crippen LogP contribution in [0.25, 0.3) is 12.2 Å². The Morgan fingerprint density at radius 3 is 1.55 bits per heavy atom. The van der Waals surface area contributed by atoms with Gasteiger partial charge in [0.05, 0.1) is 8.07 Å². The summed E-state index contributed by atoms with van der Waals surface area (Å²) in [7, 11) is -1.32. The first-order chi connectivity index (χ1) is 14.1. The topological polar surface area (TPSA) is 0 Å². The molecule has 2 fully saturated rings. The van der Waals surface area contributed by atoms with Gasteiger partial charge in [0.25, 0.3) is 0 Å². The Balaban J connectivity index is 1.25. The maximum absolute atomic E-state index is 2.74. The van der Waals surface area contributed by atoms with Crippen molar-refractivity contribution in [2.24, 2.45) is 11.8 Å². The van der Waals surface area contributed by atoms with Gasteiger partial charge in [0, 0.05) is 0 Å². The molecule has 0 bridgehead atoms. The monoisotopic (exact) mass is 396 g/mol. The third-order valence-corrected chi connectivity index (χ3v) is 14.3. The lowest BCUT2D eigenvalue weighted by atomic mass is 9.82. The lowest BCUT2D eigenvalue weighted by Gasteiger charge is -2.36. The van der Waals surface area contributed by atoms with Crippen molar-refractivity contribution in [1.29, 1.82) is 0 Å². The van der Waals surface area contributed by atoms with Crippen LogP contribution in [0.3, 0.4) is 0 Å². The molecular weight excluding hydrogens is 364 g/mol. The summed E-state index contributed by atoms with van der Waals surface area (Å²) in [6, 6.07) is 18.3. The molecule has 0 heterocycles. The largest absolute Gasteiger partial charge is 0.0802 e. The Kier molecular flexibility index (Phi) is 4.07. The van der Waals surface area contributed by atoms with Gasteiger partial charge in [0.1, 0.15) is 0 Å². The Labute approximate surface area is 176 Å². The third kappa shape index (κ3) is 2.77.